The molecule has 2 nitrogen and oxygen atoms in total. The van der Waals surface area contributed by atoms with Crippen molar-refractivity contribution in [1.29, 1.82) is 0 Å². The normalized spacial score (nSPS) is 27.6. The zero-order valence-corrected chi connectivity index (χ0v) is 10.4. The summed E-state index contributed by atoms with van der Waals surface area (Å²) in [5, 5.41) is 0.501. The molecule has 2 rings (SSSR count). The lowest BCUT2D eigenvalue weighted by Crippen LogP contribution is -2.37. The van der Waals surface area contributed by atoms with Gasteiger partial charge in [-0.15, -0.1) is 11.6 Å². The lowest BCUT2D eigenvalue weighted by atomic mass is 9.81. The first kappa shape index (κ1) is 12.2. The van der Waals surface area contributed by atoms with Crippen molar-refractivity contribution in [3.8, 4) is 0 Å². The number of rotatable bonds is 2. The Labute approximate surface area is 110 Å². The van der Waals surface area contributed by atoms with Crippen LogP contribution < -0.4 is 5.73 Å². The predicted octanol–water partition coefficient (Wildman–Crippen LogP) is 2.91. The van der Waals surface area contributed by atoms with E-state index >= 15 is 0 Å². The molecule has 1 amide bonds. The molecule has 2 atom stereocenters. The highest BCUT2D eigenvalue weighted by atomic mass is 35.5. The van der Waals surface area contributed by atoms with Crippen LogP contribution in [-0.4, -0.2) is 5.91 Å². The molecule has 2 N–H and O–H groups in total. The Morgan fingerprint density at radius 1 is 1.29 bits per heavy atom. The molecule has 1 aliphatic rings. The summed E-state index contributed by atoms with van der Waals surface area (Å²) in [6, 6.07) is 9.30. The molecule has 0 aromatic heterocycles. The molecule has 0 radical (unpaired) electrons. The number of hydrogen-bond donors (Lipinski definition) is 1. The molecule has 17 heavy (non-hydrogen) atoms. The number of nitrogens with two attached hydrogens (primary N) is 1. The van der Waals surface area contributed by atoms with Gasteiger partial charge < -0.3 is 5.73 Å². The van der Waals surface area contributed by atoms with Crippen molar-refractivity contribution < 1.29 is 4.79 Å². The van der Waals surface area contributed by atoms with Gasteiger partial charge in [-0.2, -0.15) is 0 Å². The molecule has 0 aliphatic heterocycles. The molecule has 88 valence electrons. The van der Waals surface area contributed by atoms with Crippen LogP contribution in [0.3, 0.4) is 0 Å². The SMILES string of the molecule is NC(=O)C1C=CC(Cl)=CC1(Cl)c1ccccc1. The number of benzene rings is 1. The Hall–Kier alpha value is -1.25. The highest BCUT2D eigenvalue weighted by molar-refractivity contribution is 6.34. The number of alkyl halides is 1. The quantitative estimate of drug-likeness (QED) is 0.823. The van der Waals surface area contributed by atoms with Crippen LogP contribution in [0.15, 0.2) is 53.6 Å². The van der Waals surface area contributed by atoms with Crippen molar-refractivity contribution in [3.63, 3.8) is 0 Å². The van der Waals surface area contributed by atoms with Crippen LogP contribution in [0.2, 0.25) is 0 Å². The van der Waals surface area contributed by atoms with Crippen LogP contribution in [0.1, 0.15) is 5.56 Å². The minimum absolute atomic E-state index is 0.472. The molecule has 0 saturated carbocycles. The largest absolute Gasteiger partial charge is 0.369 e. The summed E-state index contributed by atoms with van der Waals surface area (Å²) in [6.07, 6.45) is 4.94. The second kappa shape index (κ2) is 4.55. The summed E-state index contributed by atoms with van der Waals surface area (Å²) >= 11 is 12.5. The minimum Gasteiger partial charge on any atom is -0.369 e. The molecular weight excluding hydrogens is 257 g/mol. The lowest BCUT2D eigenvalue weighted by molar-refractivity contribution is -0.121. The van der Waals surface area contributed by atoms with Gasteiger partial charge in [0.05, 0.1) is 5.92 Å². The van der Waals surface area contributed by atoms with Gasteiger partial charge in [0.2, 0.25) is 5.91 Å². The fraction of sp³-hybridized carbons (Fsp3) is 0.154. The van der Waals surface area contributed by atoms with Gasteiger partial charge in [-0.1, -0.05) is 48.0 Å². The Morgan fingerprint density at radius 2 is 1.94 bits per heavy atom. The van der Waals surface area contributed by atoms with Crippen molar-refractivity contribution in [2.45, 2.75) is 4.87 Å². The van der Waals surface area contributed by atoms with Gasteiger partial charge in [0.25, 0.3) is 0 Å². The number of carbonyl (C=O) groups excluding carboxylic acids is 1. The zero-order valence-electron chi connectivity index (χ0n) is 8.94. The summed E-state index contributed by atoms with van der Waals surface area (Å²) in [7, 11) is 0. The van der Waals surface area contributed by atoms with Crippen molar-refractivity contribution in [1.82, 2.24) is 0 Å². The minimum atomic E-state index is -1.00. The van der Waals surface area contributed by atoms with Gasteiger partial charge in [0.1, 0.15) is 4.87 Å². The van der Waals surface area contributed by atoms with Gasteiger partial charge in [-0.25, -0.2) is 0 Å². The third kappa shape index (κ3) is 2.24. The van der Waals surface area contributed by atoms with E-state index in [9.17, 15) is 4.79 Å². The smallest absolute Gasteiger partial charge is 0.226 e. The molecule has 0 bridgehead atoms. The highest BCUT2D eigenvalue weighted by Crippen LogP contribution is 2.43. The fourth-order valence-corrected chi connectivity index (χ4v) is 2.65. The monoisotopic (exact) mass is 267 g/mol. The Morgan fingerprint density at radius 3 is 2.53 bits per heavy atom. The standard InChI is InChI=1S/C13H11Cl2NO/c14-10-6-7-11(12(16)17)13(15,8-10)9-4-2-1-3-5-9/h1-8,11H,(H2,16,17). The lowest BCUT2D eigenvalue weighted by Gasteiger charge is -2.32. The van der Waals surface area contributed by atoms with Crippen LogP contribution in [0.25, 0.3) is 0 Å². The average molecular weight is 268 g/mol. The van der Waals surface area contributed by atoms with Gasteiger partial charge in [-0.05, 0) is 17.7 Å². The van der Waals surface area contributed by atoms with Gasteiger partial charge in [-0.3, -0.25) is 4.79 Å². The summed E-state index contributed by atoms with van der Waals surface area (Å²) in [4.78, 5) is 10.5. The first-order valence-electron chi connectivity index (χ1n) is 5.14. The summed E-state index contributed by atoms with van der Waals surface area (Å²) < 4.78 is 0. The predicted molar refractivity (Wildman–Crippen MR) is 69.7 cm³/mol. The zero-order chi connectivity index (χ0) is 12.5. The van der Waals surface area contributed by atoms with E-state index < -0.39 is 16.7 Å². The molecular formula is C13H11Cl2NO. The van der Waals surface area contributed by atoms with E-state index in [0.29, 0.717) is 5.03 Å². The number of carbonyl (C=O) groups is 1. The van der Waals surface area contributed by atoms with Crippen LogP contribution in [0.5, 0.6) is 0 Å². The molecule has 4 heteroatoms. The van der Waals surface area contributed by atoms with Crippen LogP contribution in [0, 0.1) is 5.92 Å². The molecule has 0 spiro atoms. The third-order valence-electron chi connectivity index (χ3n) is 2.77. The first-order chi connectivity index (χ1) is 8.04. The Kier molecular flexibility index (Phi) is 3.27. The fourth-order valence-electron chi connectivity index (χ4n) is 1.93. The van der Waals surface area contributed by atoms with Crippen LogP contribution >= 0.6 is 23.2 Å². The molecule has 2 unspecified atom stereocenters. The first-order valence-corrected chi connectivity index (χ1v) is 5.90. The van der Waals surface area contributed by atoms with E-state index in [1.165, 1.54) is 0 Å². The molecule has 1 aliphatic carbocycles. The Balaban J connectivity index is 2.52. The number of halogens is 2. The molecule has 0 saturated heterocycles. The third-order valence-corrected chi connectivity index (χ3v) is 3.57. The number of hydrogen-bond acceptors (Lipinski definition) is 1. The molecule has 1 aromatic carbocycles. The van der Waals surface area contributed by atoms with Crippen molar-refractivity contribution in [2.75, 3.05) is 0 Å². The summed E-state index contributed by atoms with van der Waals surface area (Å²) in [6.45, 7) is 0. The van der Waals surface area contributed by atoms with Gasteiger partial charge in [0.15, 0.2) is 0 Å². The maximum atomic E-state index is 11.5. The molecule has 0 heterocycles. The second-order valence-electron chi connectivity index (χ2n) is 3.90. The van der Waals surface area contributed by atoms with Crippen molar-refractivity contribution in [3.05, 3.63) is 59.2 Å². The number of amides is 1. The van der Waals surface area contributed by atoms with E-state index in [1.54, 1.807) is 18.2 Å². The average Bonchev–Trinajstić information content (AvgIpc) is 2.29. The van der Waals surface area contributed by atoms with E-state index in [4.69, 9.17) is 28.9 Å². The van der Waals surface area contributed by atoms with Crippen molar-refractivity contribution >= 4 is 29.1 Å². The number of allylic oxidation sites excluding steroid dienone is 3. The topological polar surface area (TPSA) is 43.1 Å². The van der Waals surface area contributed by atoms with E-state index in [2.05, 4.69) is 0 Å². The maximum absolute atomic E-state index is 11.5. The van der Waals surface area contributed by atoms with E-state index in [0.717, 1.165) is 5.56 Å². The summed E-state index contributed by atoms with van der Waals surface area (Å²) in [5.41, 5.74) is 6.18. The Bertz CT molecular complexity index is 495. The van der Waals surface area contributed by atoms with Gasteiger partial charge in [0, 0.05) is 5.03 Å². The molecule has 0 fully saturated rings. The van der Waals surface area contributed by atoms with Crippen LogP contribution in [0.4, 0.5) is 0 Å². The number of primary amides is 1. The maximum Gasteiger partial charge on any atom is 0.226 e. The highest BCUT2D eigenvalue weighted by Gasteiger charge is 2.40. The van der Waals surface area contributed by atoms with Gasteiger partial charge >= 0.3 is 0 Å². The van der Waals surface area contributed by atoms with E-state index in [1.807, 2.05) is 30.3 Å². The van der Waals surface area contributed by atoms with Crippen LogP contribution in [-0.2, 0) is 9.67 Å². The second-order valence-corrected chi connectivity index (χ2v) is 4.96. The summed E-state index contributed by atoms with van der Waals surface area (Å²) in [5.74, 6) is -1.07. The van der Waals surface area contributed by atoms with E-state index in [-0.39, 0.29) is 0 Å². The van der Waals surface area contributed by atoms with Crippen molar-refractivity contribution in [2.24, 2.45) is 11.7 Å². The molecule has 1 aromatic rings.